The third kappa shape index (κ3) is 3.57. The van der Waals surface area contributed by atoms with Gasteiger partial charge in [0.05, 0.1) is 7.11 Å². The van der Waals surface area contributed by atoms with Crippen molar-refractivity contribution in [2.24, 2.45) is 16.1 Å². The molecule has 0 spiro atoms. The van der Waals surface area contributed by atoms with Gasteiger partial charge in [0.1, 0.15) is 11.4 Å². The number of carbonyl (C=O) groups excluding carboxylic acids is 1. The van der Waals surface area contributed by atoms with Gasteiger partial charge >= 0.3 is 6.03 Å². The summed E-state index contributed by atoms with van der Waals surface area (Å²) >= 11 is 0. The van der Waals surface area contributed by atoms with Crippen molar-refractivity contribution in [1.29, 1.82) is 0 Å². The number of amides is 2. The lowest BCUT2D eigenvalue weighted by Gasteiger charge is -2.06. The van der Waals surface area contributed by atoms with Crippen molar-refractivity contribution in [1.82, 2.24) is 15.4 Å². The van der Waals surface area contributed by atoms with E-state index in [0.29, 0.717) is 17.3 Å². The van der Waals surface area contributed by atoms with Crippen LogP contribution in [0.2, 0.25) is 0 Å². The molecule has 2 amide bonds. The van der Waals surface area contributed by atoms with Crippen molar-refractivity contribution < 1.29 is 9.53 Å². The predicted molar refractivity (Wildman–Crippen MR) is 76.0 cm³/mol. The monoisotopic (exact) mass is 286 g/mol. The van der Waals surface area contributed by atoms with Gasteiger partial charge in [0, 0.05) is 17.5 Å². The first-order valence-electron chi connectivity index (χ1n) is 6.04. The Morgan fingerprint density at radius 1 is 1.38 bits per heavy atom. The SMILES string of the molecule is COc1cc(-c2nccc(C)n2)ccc1N=NC(=O)NN. The van der Waals surface area contributed by atoms with E-state index in [1.807, 2.05) is 18.4 Å². The maximum absolute atomic E-state index is 11.0. The Labute approximate surface area is 121 Å². The Hall–Kier alpha value is -2.87. The highest BCUT2D eigenvalue weighted by molar-refractivity contribution is 5.74. The molecule has 0 aliphatic heterocycles. The van der Waals surface area contributed by atoms with Crippen molar-refractivity contribution >= 4 is 11.7 Å². The molecule has 1 heterocycles. The lowest BCUT2D eigenvalue weighted by molar-refractivity contribution is 0.248. The number of benzene rings is 1. The summed E-state index contributed by atoms with van der Waals surface area (Å²) in [7, 11) is 1.50. The highest BCUT2D eigenvalue weighted by Gasteiger charge is 2.08. The van der Waals surface area contributed by atoms with E-state index < -0.39 is 6.03 Å². The maximum atomic E-state index is 11.0. The average molecular weight is 286 g/mol. The van der Waals surface area contributed by atoms with Crippen LogP contribution in [-0.4, -0.2) is 23.1 Å². The van der Waals surface area contributed by atoms with Crippen molar-refractivity contribution in [3.63, 3.8) is 0 Å². The number of hydrogen-bond acceptors (Lipinski definition) is 6. The van der Waals surface area contributed by atoms with Crippen LogP contribution in [0.5, 0.6) is 5.75 Å². The molecule has 1 aromatic carbocycles. The second kappa shape index (κ2) is 6.53. The van der Waals surface area contributed by atoms with Gasteiger partial charge in [0.2, 0.25) is 0 Å². The number of nitrogens with zero attached hydrogens (tertiary/aromatic N) is 4. The number of rotatable bonds is 3. The van der Waals surface area contributed by atoms with Gasteiger partial charge in [-0.15, -0.1) is 5.11 Å². The molecule has 1 aromatic heterocycles. The Balaban J connectivity index is 2.36. The summed E-state index contributed by atoms with van der Waals surface area (Å²) in [6.45, 7) is 1.89. The number of aryl methyl sites for hydroxylation is 1. The van der Waals surface area contributed by atoms with Crippen molar-refractivity contribution in [3.8, 4) is 17.1 Å². The first-order valence-corrected chi connectivity index (χ1v) is 6.04. The normalized spacial score (nSPS) is 10.6. The molecule has 0 aliphatic rings. The summed E-state index contributed by atoms with van der Waals surface area (Å²) in [5.74, 6) is 5.95. The molecule has 0 bridgehead atoms. The molecular formula is C13H14N6O2. The Morgan fingerprint density at radius 2 is 2.19 bits per heavy atom. The van der Waals surface area contributed by atoms with Gasteiger partial charge < -0.3 is 4.74 Å². The summed E-state index contributed by atoms with van der Waals surface area (Å²) in [5, 5.41) is 7.14. The Kier molecular flexibility index (Phi) is 4.52. The number of nitrogens with one attached hydrogen (secondary N) is 1. The van der Waals surface area contributed by atoms with Crippen LogP contribution in [0.1, 0.15) is 5.69 Å². The van der Waals surface area contributed by atoms with Crippen LogP contribution < -0.4 is 16.0 Å². The van der Waals surface area contributed by atoms with Gasteiger partial charge in [-0.2, -0.15) is 0 Å². The van der Waals surface area contributed by atoms with Crippen LogP contribution >= 0.6 is 0 Å². The predicted octanol–water partition coefficient (Wildman–Crippen LogP) is 2.13. The van der Waals surface area contributed by atoms with Gasteiger partial charge in [0.25, 0.3) is 0 Å². The summed E-state index contributed by atoms with van der Waals surface area (Å²) in [5.41, 5.74) is 3.90. The minimum absolute atomic E-state index is 0.400. The van der Waals surface area contributed by atoms with E-state index in [-0.39, 0.29) is 0 Å². The van der Waals surface area contributed by atoms with Crippen molar-refractivity contribution in [2.45, 2.75) is 6.92 Å². The molecule has 108 valence electrons. The van der Waals surface area contributed by atoms with Crippen LogP contribution in [0.25, 0.3) is 11.4 Å². The number of ether oxygens (including phenoxy) is 1. The van der Waals surface area contributed by atoms with Crippen LogP contribution in [-0.2, 0) is 0 Å². The molecule has 0 radical (unpaired) electrons. The van der Waals surface area contributed by atoms with Crippen molar-refractivity contribution in [3.05, 3.63) is 36.2 Å². The minimum atomic E-state index is -0.747. The van der Waals surface area contributed by atoms with E-state index in [1.54, 1.807) is 24.4 Å². The third-order valence-corrected chi connectivity index (χ3v) is 2.60. The number of methoxy groups -OCH3 is 1. The van der Waals surface area contributed by atoms with E-state index >= 15 is 0 Å². The second-order valence-electron chi connectivity index (χ2n) is 4.06. The standard InChI is InChI=1S/C13H14N6O2/c1-8-5-6-15-12(16-8)9-3-4-10(11(7-9)21-2)18-19-13(20)17-14/h3-7H,14H2,1-2H3,(H,17,20). The molecule has 8 heteroatoms. The molecule has 0 aliphatic carbocycles. The second-order valence-corrected chi connectivity index (χ2v) is 4.06. The van der Waals surface area contributed by atoms with Crippen LogP contribution in [0, 0.1) is 6.92 Å². The van der Waals surface area contributed by atoms with Gasteiger partial charge in [-0.05, 0) is 31.2 Å². The zero-order chi connectivity index (χ0) is 15.2. The van der Waals surface area contributed by atoms with E-state index in [9.17, 15) is 4.79 Å². The third-order valence-electron chi connectivity index (χ3n) is 2.60. The molecule has 0 unspecified atom stereocenters. The number of aromatic nitrogens is 2. The summed E-state index contributed by atoms with van der Waals surface area (Å²) < 4.78 is 5.23. The first-order chi connectivity index (χ1) is 10.1. The quantitative estimate of drug-likeness (QED) is 0.388. The number of azo groups is 1. The highest BCUT2D eigenvalue weighted by atomic mass is 16.5. The summed E-state index contributed by atoms with van der Waals surface area (Å²) in [6, 6.07) is 6.22. The molecule has 8 nitrogen and oxygen atoms in total. The van der Waals surface area contributed by atoms with Gasteiger partial charge in [-0.25, -0.2) is 20.6 Å². The number of nitrogens with two attached hydrogens (primary N) is 1. The van der Waals surface area contributed by atoms with Gasteiger partial charge in [-0.3, -0.25) is 5.43 Å². The van der Waals surface area contributed by atoms with E-state index in [2.05, 4.69) is 20.2 Å². The number of carbonyl (C=O) groups is 1. The molecule has 0 saturated carbocycles. The topological polar surface area (TPSA) is 115 Å². The molecule has 0 atom stereocenters. The minimum Gasteiger partial charge on any atom is -0.494 e. The number of urea groups is 1. The molecule has 21 heavy (non-hydrogen) atoms. The highest BCUT2D eigenvalue weighted by Crippen LogP contribution is 2.31. The van der Waals surface area contributed by atoms with Crippen molar-refractivity contribution in [2.75, 3.05) is 7.11 Å². The van der Waals surface area contributed by atoms with Gasteiger partial charge in [0.15, 0.2) is 5.82 Å². The zero-order valence-electron chi connectivity index (χ0n) is 11.6. The fourth-order valence-electron chi connectivity index (χ4n) is 1.62. The lowest BCUT2D eigenvalue weighted by atomic mass is 10.1. The molecule has 0 saturated heterocycles. The zero-order valence-corrected chi connectivity index (χ0v) is 11.6. The van der Waals surface area contributed by atoms with Crippen LogP contribution in [0.4, 0.5) is 10.5 Å². The maximum Gasteiger partial charge on any atom is 0.373 e. The van der Waals surface area contributed by atoms with E-state index in [4.69, 9.17) is 10.6 Å². The molecule has 3 N–H and O–H groups in total. The molecule has 2 aromatic rings. The number of hydrazine groups is 1. The molecule has 0 fully saturated rings. The number of hydrogen-bond donors (Lipinski definition) is 2. The Bertz CT molecular complexity index is 686. The largest absolute Gasteiger partial charge is 0.494 e. The van der Waals surface area contributed by atoms with E-state index in [0.717, 1.165) is 11.3 Å². The smallest absolute Gasteiger partial charge is 0.373 e. The first kappa shape index (κ1) is 14.5. The fraction of sp³-hybridized carbons (Fsp3) is 0.154. The summed E-state index contributed by atoms with van der Waals surface area (Å²) in [4.78, 5) is 19.5. The molecular weight excluding hydrogens is 272 g/mol. The fourth-order valence-corrected chi connectivity index (χ4v) is 1.62. The molecule has 2 rings (SSSR count). The summed E-state index contributed by atoms with van der Waals surface area (Å²) in [6.07, 6.45) is 1.68. The van der Waals surface area contributed by atoms with Crippen LogP contribution in [0.15, 0.2) is 40.7 Å². The van der Waals surface area contributed by atoms with Crippen LogP contribution in [0.3, 0.4) is 0 Å². The van der Waals surface area contributed by atoms with E-state index in [1.165, 1.54) is 7.11 Å². The Morgan fingerprint density at radius 3 is 2.86 bits per heavy atom. The van der Waals surface area contributed by atoms with Gasteiger partial charge in [-0.1, -0.05) is 5.11 Å². The average Bonchev–Trinajstić information content (AvgIpc) is 2.52. The lowest BCUT2D eigenvalue weighted by Crippen LogP contribution is -2.26.